The van der Waals surface area contributed by atoms with E-state index in [2.05, 4.69) is 36.1 Å². The second kappa shape index (κ2) is 50.1. The molecular formula is C54H111BrSi. The molecule has 0 radical (unpaired) electrons. The molecule has 0 unspecified atom stereocenters. The molecule has 56 heavy (non-hydrogen) atoms. The van der Waals surface area contributed by atoms with Crippen LogP contribution in [-0.2, 0) is 0 Å². The minimum absolute atomic E-state index is 1.26. The summed E-state index contributed by atoms with van der Waals surface area (Å²) in [6.07, 6.45) is 71.0. The third-order valence-electron chi connectivity index (χ3n) is 13.4. The van der Waals surface area contributed by atoms with Crippen LogP contribution in [0.5, 0.6) is 0 Å². The first-order chi connectivity index (χ1) is 27.7. The molecule has 0 amide bonds. The molecule has 0 spiro atoms. The Bertz CT molecular complexity index is 589. The van der Waals surface area contributed by atoms with Crippen molar-refractivity contribution in [3.8, 4) is 0 Å². The zero-order valence-corrected chi connectivity index (χ0v) is 42.5. The Hall–Kier alpha value is 0.697. The van der Waals surface area contributed by atoms with E-state index < -0.39 is 6.69 Å². The Morgan fingerprint density at radius 3 is 0.411 bits per heavy atom. The molecule has 0 heterocycles. The Morgan fingerprint density at radius 1 is 0.179 bits per heavy atom. The van der Waals surface area contributed by atoms with Gasteiger partial charge in [0.25, 0.3) is 0 Å². The summed E-state index contributed by atoms with van der Waals surface area (Å²) in [5.74, 6) is 0. The third kappa shape index (κ3) is 47.4. The van der Waals surface area contributed by atoms with Crippen LogP contribution in [0.15, 0.2) is 0 Å². The van der Waals surface area contributed by atoms with Crippen molar-refractivity contribution in [3.05, 3.63) is 0 Å². The highest BCUT2D eigenvalue weighted by atomic mass is 79.9. The first kappa shape index (κ1) is 56.7. The summed E-state index contributed by atoms with van der Waals surface area (Å²) < 4.78 is 0. The van der Waals surface area contributed by atoms with E-state index in [0.717, 1.165) is 0 Å². The van der Waals surface area contributed by atoms with Gasteiger partial charge >= 0.3 is 0 Å². The summed E-state index contributed by atoms with van der Waals surface area (Å²) in [7, 11) is 0. The zero-order valence-electron chi connectivity index (χ0n) is 39.9. The summed E-state index contributed by atoms with van der Waals surface area (Å²) in [4.78, 5) is 0. The third-order valence-corrected chi connectivity index (χ3v) is 20.8. The number of unbranched alkanes of at least 4 members (excludes halogenated alkanes) is 45. The molecule has 0 aliphatic carbocycles. The lowest BCUT2D eigenvalue weighted by Gasteiger charge is -2.25. The van der Waals surface area contributed by atoms with Gasteiger partial charge in [-0.05, 0) is 18.1 Å². The molecular weight excluding hydrogens is 757 g/mol. The molecule has 0 saturated heterocycles. The van der Waals surface area contributed by atoms with E-state index in [4.69, 9.17) is 0 Å². The number of hydrogen-bond donors (Lipinski definition) is 0. The smallest absolute Gasteiger partial charge is 0.126 e. The summed E-state index contributed by atoms with van der Waals surface area (Å²) in [6, 6.07) is 4.68. The maximum absolute atomic E-state index is 4.56. The lowest BCUT2D eigenvalue weighted by molar-refractivity contribution is 0.529. The quantitative estimate of drug-likeness (QED) is 0.0325. The minimum atomic E-state index is -1.26. The van der Waals surface area contributed by atoms with Crippen LogP contribution in [0.4, 0.5) is 0 Å². The fourth-order valence-electron chi connectivity index (χ4n) is 9.34. The van der Waals surface area contributed by atoms with Gasteiger partial charge in [-0.1, -0.05) is 329 Å². The highest BCUT2D eigenvalue weighted by molar-refractivity contribution is 9.26. The highest BCUT2D eigenvalue weighted by Gasteiger charge is 2.28. The Morgan fingerprint density at radius 2 is 0.286 bits per heavy atom. The monoisotopic (exact) mass is 867 g/mol. The molecule has 0 atom stereocenters. The molecule has 2 heteroatoms. The molecule has 0 nitrogen and oxygen atoms in total. The van der Waals surface area contributed by atoms with Crippen molar-refractivity contribution < 1.29 is 0 Å². The van der Waals surface area contributed by atoms with Gasteiger partial charge in [0.2, 0.25) is 0 Å². The first-order valence-electron chi connectivity index (χ1n) is 27.4. The van der Waals surface area contributed by atoms with Gasteiger partial charge in [0, 0.05) is 0 Å². The molecule has 0 rings (SSSR count). The fraction of sp³-hybridized carbons (Fsp3) is 1.00. The molecule has 0 aromatic heterocycles. The Balaban J connectivity index is 4.08. The van der Waals surface area contributed by atoms with Gasteiger partial charge in [-0.25, -0.2) is 0 Å². The van der Waals surface area contributed by atoms with Gasteiger partial charge < -0.3 is 0 Å². The van der Waals surface area contributed by atoms with Crippen molar-refractivity contribution in [1.82, 2.24) is 0 Å². The maximum atomic E-state index is 4.56. The van der Waals surface area contributed by atoms with Crippen LogP contribution in [0, 0.1) is 0 Å². The van der Waals surface area contributed by atoms with E-state index >= 15 is 0 Å². The molecule has 0 aliphatic heterocycles. The van der Waals surface area contributed by atoms with Gasteiger partial charge in [-0.15, -0.1) is 15.3 Å². The van der Waals surface area contributed by atoms with E-state index in [1.54, 1.807) is 18.1 Å². The van der Waals surface area contributed by atoms with E-state index in [0.29, 0.717) is 0 Å². The minimum Gasteiger partial charge on any atom is -0.126 e. The maximum Gasteiger partial charge on any atom is 0.130 e. The normalized spacial score (nSPS) is 12.0. The van der Waals surface area contributed by atoms with Crippen LogP contribution in [0.1, 0.15) is 329 Å². The van der Waals surface area contributed by atoms with Gasteiger partial charge in [-0.3, -0.25) is 0 Å². The van der Waals surface area contributed by atoms with E-state index in [1.165, 1.54) is 308 Å². The summed E-state index contributed by atoms with van der Waals surface area (Å²) in [6.45, 7) is 5.70. The van der Waals surface area contributed by atoms with E-state index in [1.807, 2.05) is 0 Å². The number of rotatable bonds is 51. The van der Waals surface area contributed by atoms with Crippen molar-refractivity contribution in [2.75, 3.05) is 0 Å². The molecule has 0 aromatic carbocycles. The Labute approximate surface area is 367 Å². The lowest BCUT2D eigenvalue weighted by Crippen LogP contribution is -2.25. The molecule has 0 aromatic rings. The van der Waals surface area contributed by atoms with Crippen molar-refractivity contribution in [2.24, 2.45) is 0 Å². The largest absolute Gasteiger partial charge is 0.130 e. The topological polar surface area (TPSA) is 0 Å². The van der Waals surface area contributed by atoms with Crippen LogP contribution < -0.4 is 0 Å². The molecule has 0 bridgehead atoms. The van der Waals surface area contributed by atoms with Gasteiger partial charge in [0.15, 0.2) is 0 Å². The summed E-state index contributed by atoms with van der Waals surface area (Å²) in [5, 5.41) is 0. The zero-order chi connectivity index (χ0) is 40.6. The van der Waals surface area contributed by atoms with E-state index in [-0.39, 0.29) is 0 Å². The van der Waals surface area contributed by atoms with Gasteiger partial charge in [0.1, 0.15) is 6.69 Å². The molecule has 0 N–H and O–H groups in total. The predicted octanol–water partition coefficient (Wildman–Crippen LogP) is 22.1. The SMILES string of the molecule is CCCCCCCCCCCCCCCCCC[Si](Br)(CCCCCCCCCCCCCCCCCC)CCCCCCCCCCCCCCCCCC. The van der Waals surface area contributed by atoms with Crippen LogP contribution in [-0.4, -0.2) is 6.69 Å². The predicted molar refractivity (Wildman–Crippen MR) is 268 cm³/mol. The first-order valence-corrected chi connectivity index (χ1v) is 32.2. The van der Waals surface area contributed by atoms with Crippen molar-refractivity contribution in [3.63, 3.8) is 0 Å². The van der Waals surface area contributed by atoms with Crippen molar-refractivity contribution in [1.29, 1.82) is 0 Å². The number of halogens is 1. The van der Waals surface area contributed by atoms with Crippen LogP contribution >= 0.6 is 15.3 Å². The molecule has 0 aliphatic rings. The average molecular weight is 868 g/mol. The summed E-state index contributed by atoms with van der Waals surface area (Å²) >= 11 is 4.56. The average Bonchev–Trinajstić information content (AvgIpc) is 3.20. The van der Waals surface area contributed by atoms with Crippen LogP contribution in [0.2, 0.25) is 18.1 Å². The molecule has 0 saturated carbocycles. The van der Waals surface area contributed by atoms with Crippen molar-refractivity contribution >= 4 is 22.0 Å². The van der Waals surface area contributed by atoms with Gasteiger partial charge in [0.05, 0.1) is 0 Å². The fourth-order valence-corrected chi connectivity index (χ4v) is 15.3. The molecule has 338 valence electrons. The lowest BCUT2D eigenvalue weighted by atomic mass is 10.0. The van der Waals surface area contributed by atoms with Crippen molar-refractivity contribution in [2.45, 2.75) is 347 Å². The van der Waals surface area contributed by atoms with Gasteiger partial charge in [-0.2, -0.15) is 0 Å². The Kier molecular flexibility index (Phi) is 50.7. The van der Waals surface area contributed by atoms with E-state index in [9.17, 15) is 0 Å². The molecule has 0 fully saturated rings. The summed E-state index contributed by atoms with van der Waals surface area (Å²) in [5.41, 5.74) is 0. The highest BCUT2D eigenvalue weighted by Crippen LogP contribution is 2.35. The van der Waals surface area contributed by atoms with Crippen LogP contribution in [0.25, 0.3) is 0 Å². The second-order valence-electron chi connectivity index (χ2n) is 19.3. The second-order valence-corrected chi connectivity index (χ2v) is 28.2. The van der Waals surface area contributed by atoms with Crippen LogP contribution in [0.3, 0.4) is 0 Å². The standard InChI is InChI=1S/C54H111BrSi/c1-4-7-10-13-16-19-22-25-28-31-34-37-40-43-46-49-52-56(55,53-50-47-44-41-38-35-32-29-26-23-20-17-14-11-8-5-2)54-51-48-45-42-39-36-33-30-27-24-21-18-15-12-9-6-3/h4-54H2,1-3H3. The number of hydrogen-bond acceptors (Lipinski definition) is 0.